The molecule has 0 heterocycles. The molecule has 0 aromatic heterocycles. The van der Waals surface area contributed by atoms with Gasteiger partial charge in [0.1, 0.15) is 0 Å². The Balaban J connectivity index is -0.0000000457. The Hall–Kier alpha value is 0.759. The number of hydrogen-bond donors (Lipinski definition) is 2. The minimum absolute atomic E-state index is 0. The second-order valence-electron chi connectivity index (χ2n) is 0.792. The molecule has 66 valence electrons. The van der Waals surface area contributed by atoms with Crippen LogP contribution in [0.2, 0.25) is 0 Å². The molecule has 11 heteroatoms. The zero-order chi connectivity index (χ0) is 9.00. The van der Waals surface area contributed by atoms with Gasteiger partial charge in [-0.1, -0.05) is 0 Å². The van der Waals surface area contributed by atoms with E-state index in [1.165, 1.54) is 0 Å². The van der Waals surface area contributed by atoms with Crippen molar-refractivity contribution in [3.8, 4) is 0 Å². The molecule has 0 fully saturated rings. The molecule has 0 rings (SSSR count). The third-order valence-corrected chi connectivity index (χ3v) is 0. The first-order valence-corrected chi connectivity index (χ1v) is 5.21. The van der Waals surface area contributed by atoms with Crippen molar-refractivity contribution in [1.82, 2.24) is 0 Å². The molecule has 11 heavy (non-hydrogen) atoms. The maximum atomic E-state index is 8.69. The third kappa shape index (κ3) is 1430. The van der Waals surface area contributed by atoms with E-state index < -0.39 is 25.9 Å². The van der Waals surface area contributed by atoms with Crippen LogP contribution in [0.3, 0.4) is 0 Å². The summed E-state index contributed by atoms with van der Waals surface area (Å²) in [5.41, 5.74) is 0. The van der Waals surface area contributed by atoms with Crippen molar-refractivity contribution in [2.75, 3.05) is 0 Å². The molecule has 0 aliphatic rings. The maximum absolute atomic E-state index is 8.69. The van der Waals surface area contributed by atoms with Crippen molar-refractivity contribution in [3.05, 3.63) is 0 Å². The van der Waals surface area contributed by atoms with E-state index in [0.717, 1.165) is 0 Å². The second kappa shape index (κ2) is 6.29. The Labute approximate surface area is 87.7 Å². The molecule has 0 radical (unpaired) electrons. The molecule has 0 aromatic carbocycles. The molecule has 0 bridgehead atoms. The van der Waals surface area contributed by atoms with Gasteiger partial charge in [0, 0.05) is 0 Å². The quantitative estimate of drug-likeness (QED) is 0.415. The summed E-state index contributed by atoms with van der Waals surface area (Å²) in [7, 11) is 0. The fourth-order valence-electron chi connectivity index (χ4n) is 0. The Morgan fingerprint density at radius 2 is 0.727 bits per heavy atom. The molecule has 0 atom stereocenters. The van der Waals surface area contributed by atoms with E-state index in [-0.39, 0.29) is 31.0 Å². The van der Waals surface area contributed by atoms with Crippen LogP contribution in [0.25, 0.3) is 0 Å². The van der Waals surface area contributed by atoms with Crippen molar-refractivity contribution in [3.63, 3.8) is 0 Å². The van der Waals surface area contributed by atoms with Gasteiger partial charge in [-0.25, -0.2) is 0 Å². The van der Waals surface area contributed by atoms with Crippen LogP contribution >= 0.6 is 0 Å². The fourth-order valence-corrected chi connectivity index (χ4v) is 0. The number of rotatable bonds is 0. The zero-order valence-corrected chi connectivity index (χ0v) is 9.46. The van der Waals surface area contributed by atoms with Crippen LogP contribution in [-0.4, -0.2) is 8.38 Å². The van der Waals surface area contributed by atoms with Crippen LogP contribution in [0.4, 0.5) is 0 Å². The summed E-state index contributed by atoms with van der Waals surface area (Å²) < 4.78 is 66.1. The van der Waals surface area contributed by atoms with E-state index in [1.54, 1.807) is 0 Å². The Morgan fingerprint density at radius 3 is 0.727 bits per heavy atom. The Bertz CT molecular complexity index is 301. The summed E-state index contributed by atoms with van der Waals surface area (Å²) in [4.78, 5) is 0. The minimum atomic E-state index is -5.38. The van der Waals surface area contributed by atoms with Gasteiger partial charge in [0.2, 0.25) is 0 Å². The molecular weight excluding hydrogens is 261 g/mol. The van der Waals surface area contributed by atoms with Gasteiger partial charge in [0.25, 0.3) is 0 Å². The SMILES string of the molecule is [H-].[Na+].[O]=[Mn](=[O])(=[O])[OH].[O]=[Mn](=[O])(=[O])[OH]. The summed E-state index contributed by atoms with van der Waals surface area (Å²) >= 11 is -10.8. The van der Waals surface area contributed by atoms with Gasteiger partial charge < -0.3 is 1.43 Å². The molecule has 0 aliphatic heterocycles. The van der Waals surface area contributed by atoms with Gasteiger partial charge in [-0.05, 0) is 0 Å². The van der Waals surface area contributed by atoms with Crippen molar-refractivity contribution >= 4 is 0 Å². The summed E-state index contributed by atoms with van der Waals surface area (Å²) in [6.45, 7) is 0. The van der Waals surface area contributed by atoms with E-state index in [1.807, 2.05) is 0 Å². The molecule has 0 aliphatic carbocycles. The topological polar surface area (TPSA) is 143 Å². The molecule has 0 aromatic rings. The second-order valence-corrected chi connectivity index (χ2v) is 3.27. The molecule has 0 amide bonds. The van der Waals surface area contributed by atoms with Crippen LogP contribution in [-0.2, 0) is 48.9 Å². The van der Waals surface area contributed by atoms with Gasteiger partial charge >= 0.3 is 86.9 Å². The van der Waals surface area contributed by atoms with E-state index in [4.69, 9.17) is 31.4 Å². The van der Waals surface area contributed by atoms with Crippen LogP contribution < -0.4 is 29.6 Å². The van der Waals surface area contributed by atoms with Gasteiger partial charge in [-0.15, -0.1) is 0 Å². The number of hydrogen-bond acceptors (Lipinski definition) is 6. The fraction of sp³-hybridized carbons (Fsp3) is 0. The summed E-state index contributed by atoms with van der Waals surface area (Å²) in [5, 5.41) is 0. The van der Waals surface area contributed by atoms with E-state index in [0.29, 0.717) is 0 Å². The zero-order valence-electron chi connectivity index (χ0n) is 6.10. The van der Waals surface area contributed by atoms with Crippen molar-refractivity contribution in [1.29, 1.82) is 0 Å². The van der Waals surface area contributed by atoms with E-state index in [2.05, 4.69) is 0 Å². The normalized spacial score (nSPS) is 10.4. The molecule has 2 N–H and O–H groups in total. The van der Waals surface area contributed by atoms with Crippen LogP contribution in [0.5, 0.6) is 0 Å². The van der Waals surface area contributed by atoms with Crippen molar-refractivity contribution in [2.45, 2.75) is 0 Å². The molecule has 0 spiro atoms. The monoisotopic (exact) mass is 264 g/mol. The summed E-state index contributed by atoms with van der Waals surface area (Å²) in [5.74, 6) is 0. The van der Waals surface area contributed by atoms with E-state index >= 15 is 0 Å². The molecule has 0 saturated heterocycles. The van der Waals surface area contributed by atoms with Gasteiger partial charge in [0.05, 0.1) is 0 Å². The molecular formula is H3Mn2NaO8. The Kier molecular flexibility index (Phi) is 10.2. The summed E-state index contributed by atoms with van der Waals surface area (Å²) in [6, 6.07) is 0. The third-order valence-electron chi connectivity index (χ3n) is 0. The molecule has 8 nitrogen and oxygen atoms in total. The van der Waals surface area contributed by atoms with Crippen LogP contribution in [0.15, 0.2) is 0 Å². The first kappa shape index (κ1) is 17.7. The first-order chi connectivity index (χ1) is 4.00. The Morgan fingerprint density at radius 1 is 0.727 bits per heavy atom. The van der Waals surface area contributed by atoms with E-state index in [9.17, 15) is 0 Å². The predicted octanol–water partition coefficient (Wildman–Crippen LogP) is -4.72. The van der Waals surface area contributed by atoms with Crippen LogP contribution in [0.1, 0.15) is 1.43 Å². The van der Waals surface area contributed by atoms with Crippen LogP contribution in [0, 0.1) is 0 Å². The van der Waals surface area contributed by atoms with Crippen molar-refractivity contribution < 1.29 is 88.3 Å². The molecule has 0 saturated carbocycles. The molecule has 0 unspecified atom stereocenters. The van der Waals surface area contributed by atoms with Gasteiger partial charge in [-0.2, -0.15) is 0 Å². The van der Waals surface area contributed by atoms with Gasteiger partial charge in [0.15, 0.2) is 0 Å². The van der Waals surface area contributed by atoms with Crippen molar-refractivity contribution in [2.24, 2.45) is 0 Å². The average Bonchev–Trinajstić information content (AvgIpc) is 1.12. The predicted molar refractivity (Wildman–Crippen MR) is 9.67 cm³/mol. The van der Waals surface area contributed by atoms with Gasteiger partial charge in [-0.3, -0.25) is 0 Å². The first-order valence-electron chi connectivity index (χ1n) is 1.26. The summed E-state index contributed by atoms with van der Waals surface area (Å²) in [6.07, 6.45) is 0. The standard InChI is InChI=1S/2Mn.Na.2H2O.6O.H/h;;;2*1H2;;;;;;;/q3*+1;;;;;;;;;-1/p-2. The average molecular weight is 264 g/mol.